The highest BCUT2D eigenvalue weighted by atomic mass is 15.3. The lowest BCUT2D eigenvalue weighted by molar-refractivity contribution is 0.160. The Kier molecular flexibility index (Phi) is 3.92. The Hall–Kier alpha value is -0.120. The molecule has 0 aromatic rings. The highest BCUT2D eigenvalue weighted by molar-refractivity contribution is 4.93. The summed E-state index contributed by atoms with van der Waals surface area (Å²) < 4.78 is 0. The van der Waals surface area contributed by atoms with Gasteiger partial charge in [-0.1, -0.05) is 0 Å². The van der Waals surface area contributed by atoms with Crippen LogP contribution in [0.2, 0.25) is 0 Å². The topological polar surface area (TPSA) is 18.5 Å². The molecule has 2 aliphatic heterocycles. The fourth-order valence-electron chi connectivity index (χ4n) is 3.69. The first-order valence-corrected chi connectivity index (χ1v) is 7.96. The number of nitrogens with one attached hydrogen (secondary N) is 1. The lowest BCUT2D eigenvalue weighted by Gasteiger charge is -2.34. The van der Waals surface area contributed by atoms with E-state index in [-0.39, 0.29) is 0 Å². The van der Waals surface area contributed by atoms with Gasteiger partial charge in [-0.05, 0) is 59.0 Å². The van der Waals surface area contributed by atoms with Crippen molar-refractivity contribution in [2.75, 3.05) is 26.2 Å². The first kappa shape index (κ1) is 12.9. The largest absolute Gasteiger partial charge is 0.312 e. The fraction of sp³-hybridized carbons (Fsp3) is 1.00. The minimum absolute atomic E-state index is 0.684. The Morgan fingerprint density at radius 1 is 0.722 bits per heavy atom. The molecule has 2 saturated heterocycles. The fourth-order valence-corrected chi connectivity index (χ4v) is 3.69. The Labute approximate surface area is 112 Å². The molecule has 3 unspecified atom stereocenters. The molecule has 0 aromatic heterocycles. The summed E-state index contributed by atoms with van der Waals surface area (Å²) in [4.78, 5) is 5.53. The van der Waals surface area contributed by atoms with Gasteiger partial charge in [-0.3, -0.25) is 9.80 Å². The van der Waals surface area contributed by atoms with Crippen LogP contribution < -0.4 is 5.32 Å². The van der Waals surface area contributed by atoms with Crippen LogP contribution >= 0.6 is 0 Å². The third kappa shape index (κ3) is 3.06. The summed E-state index contributed by atoms with van der Waals surface area (Å²) in [6.45, 7) is 9.97. The molecule has 1 saturated carbocycles. The number of rotatable bonds is 2. The molecule has 0 aromatic carbocycles. The van der Waals surface area contributed by atoms with Crippen LogP contribution in [0.4, 0.5) is 0 Å². The molecule has 3 atom stereocenters. The van der Waals surface area contributed by atoms with E-state index in [1.165, 1.54) is 58.3 Å². The van der Waals surface area contributed by atoms with Crippen molar-refractivity contribution in [3.63, 3.8) is 0 Å². The molecule has 1 N–H and O–H groups in total. The van der Waals surface area contributed by atoms with Crippen LogP contribution in [0.25, 0.3) is 0 Å². The maximum absolute atomic E-state index is 3.69. The maximum atomic E-state index is 3.69. The number of likely N-dealkylation sites (tertiary alicyclic amines) is 1. The molecule has 3 rings (SSSR count). The minimum Gasteiger partial charge on any atom is -0.312 e. The molecule has 104 valence electrons. The van der Waals surface area contributed by atoms with Crippen LogP contribution in [-0.2, 0) is 0 Å². The molecular formula is C15H29N3. The molecule has 1 aliphatic carbocycles. The quantitative estimate of drug-likeness (QED) is 0.806. The van der Waals surface area contributed by atoms with E-state index in [9.17, 15) is 0 Å². The lowest BCUT2D eigenvalue weighted by Crippen LogP contribution is -2.47. The van der Waals surface area contributed by atoms with E-state index in [4.69, 9.17) is 0 Å². The van der Waals surface area contributed by atoms with E-state index in [2.05, 4.69) is 29.0 Å². The van der Waals surface area contributed by atoms with E-state index in [1.54, 1.807) is 0 Å². The summed E-state index contributed by atoms with van der Waals surface area (Å²) in [6.07, 6.45) is 6.96. The maximum Gasteiger partial charge on any atom is 0.0235 e. The van der Waals surface area contributed by atoms with Crippen molar-refractivity contribution in [1.29, 1.82) is 0 Å². The standard InChI is InChI=1S/C15H29N3/c1-12-5-8-17(9-6-13(2)16-12)15-7-10-18(11-15)14-3-4-14/h12-16H,3-11H2,1-2H3. The van der Waals surface area contributed by atoms with Crippen LogP contribution in [0.3, 0.4) is 0 Å². The molecule has 2 heterocycles. The zero-order chi connectivity index (χ0) is 12.5. The monoisotopic (exact) mass is 251 g/mol. The summed E-state index contributed by atoms with van der Waals surface area (Å²) in [5.74, 6) is 0. The predicted molar refractivity (Wildman–Crippen MR) is 75.9 cm³/mol. The zero-order valence-corrected chi connectivity index (χ0v) is 12.1. The second-order valence-corrected chi connectivity index (χ2v) is 6.75. The highest BCUT2D eigenvalue weighted by Gasteiger charge is 2.36. The van der Waals surface area contributed by atoms with Gasteiger partial charge < -0.3 is 5.32 Å². The van der Waals surface area contributed by atoms with Gasteiger partial charge in [0.25, 0.3) is 0 Å². The summed E-state index contributed by atoms with van der Waals surface area (Å²) >= 11 is 0. The van der Waals surface area contributed by atoms with Crippen LogP contribution in [0.5, 0.6) is 0 Å². The third-order valence-corrected chi connectivity index (χ3v) is 5.04. The Morgan fingerprint density at radius 2 is 1.33 bits per heavy atom. The van der Waals surface area contributed by atoms with E-state index in [1.807, 2.05) is 0 Å². The Balaban J connectivity index is 1.54. The van der Waals surface area contributed by atoms with Crippen molar-refractivity contribution in [1.82, 2.24) is 15.1 Å². The molecule has 3 fully saturated rings. The van der Waals surface area contributed by atoms with Gasteiger partial charge in [-0.15, -0.1) is 0 Å². The first-order valence-electron chi connectivity index (χ1n) is 7.96. The zero-order valence-electron chi connectivity index (χ0n) is 12.1. The van der Waals surface area contributed by atoms with Gasteiger partial charge in [0.15, 0.2) is 0 Å². The lowest BCUT2D eigenvalue weighted by atomic mass is 10.1. The molecule has 0 amide bonds. The number of hydrogen-bond donors (Lipinski definition) is 1. The van der Waals surface area contributed by atoms with Crippen molar-refractivity contribution >= 4 is 0 Å². The van der Waals surface area contributed by atoms with Gasteiger partial charge >= 0.3 is 0 Å². The van der Waals surface area contributed by atoms with Crippen LogP contribution in [0.15, 0.2) is 0 Å². The summed E-state index contributed by atoms with van der Waals surface area (Å²) in [5.41, 5.74) is 0. The molecule has 18 heavy (non-hydrogen) atoms. The Bertz CT molecular complexity index is 265. The van der Waals surface area contributed by atoms with Crippen LogP contribution in [0, 0.1) is 0 Å². The van der Waals surface area contributed by atoms with Crippen molar-refractivity contribution in [2.45, 2.75) is 70.1 Å². The van der Waals surface area contributed by atoms with Crippen molar-refractivity contribution in [2.24, 2.45) is 0 Å². The molecule has 3 heteroatoms. The van der Waals surface area contributed by atoms with Gasteiger partial charge in [0.1, 0.15) is 0 Å². The summed E-state index contributed by atoms with van der Waals surface area (Å²) in [5, 5.41) is 3.69. The second-order valence-electron chi connectivity index (χ2n) is 6.75. The number of nitrogens with zero attached hydrogens (tertiary/aromatic N) is 2. The van der Waals surface area contributed by atoms with E-state index < -0.39 is 0 Å². The first-order chi connectivity index (χ1) is 8.72. The van der Waals surface area contributed by atoms with Gasteiger partial charge in [0.2, 0.25) is 0 Å². The Morgan fingerprint density at radius 3 is 1.94 bits per heavy atom. The molecule has 0 bridgehead atoms. The van der Waals surface area contributed by atoms with Crippen LogP contribution in [0.1, 0.15) is 46.0 Å². The predicted octanol–water partition coefficient (Wildman–Crippen LogP) is 1.69. The van der Waals surface area contributed by atoms with Crippen molar-refractivity contribution in [3.05, 3.63) is 0 Å². The SMILES string of the molecule is CC1CCN(C2CCN(C3CC3)C2)CCC(C)N1. The number of hydrogen-bond acceptors (Lipinski definition) is 3. The van der Waals surface area contributed by atoms with Gasteiger partial charge in [0.05, 0.1) is 0 Å². The van der Waals surface area contributed by atoms with Gasteiger partial charge in [-0.2, -0.15) is 0 Å². The minimum atomic E-state index is 0.684. The normalized spacial score (nSPS) is 40.7. The molecule has 0 spiro atoms. The summed E-state index contributed by atoms with van der Waals surface area (Å²) in [7, 11) is 0. The van der Waals surface area contributed by atoms with Crippen molar-refractivity contribution < 1.29 is 0 Å². The highest BCUT2D eigenvalue weighted by Crippen LogP contribution is 2.31. The molecule has 0 radical (unpaired) electrons. The van der Waals surface area contributed by atoms with Gasteiger partial charge in [-0.25, -0.2) is 0 Å². The van der Waals surface area contributed by atoms with Crippen molar-refractivity contribution in [3.8, 4) is 0 Å². The average molecular weight is 251 g/mol. The van der Waals surface area contributed by atoms with Crippen LogP contribution in [-0.4, -0.2) is 60.1 Å². The smallest absolute Gasteiger partial charge is 0.0235 e. The van der Waals surface area contributed by atoms with E-state index in [0.717, 1.165) is 12.1 Å². The van der Waals surface area contributed by atoms with E-state index >= 15 is 0 Å². The molecule has 3 aliphatic rings. The second kappa shape index (κ2) is 5.48. The van der Waals surface area contributed by atoms with Gasteiger partial charge in [0, 0.05) is 37.3 Å². The third-order valence-electron chi connectivity index (χ3n) is 5.04. The molecule has 3 nitrogen and oxygen atoms in total. The average Bonchev–Trinajstić information content (AvgIpc) is 3.06. The molecular weight excluding hydrogens is 222 g/mol. The van der Waals surface area contributed by atoms with E-state index in [0.29, 0.717) is 12.1 Å². The summed E-state index contributed by atoms with van der Waals surface area (Å²) in [6, 6.07) is 3.18.